The lowest BCUT2D eigenvalue weighted by atomic mass is 10.2. The molecule has 0 unspecified atom stereocenters. The van der Waals surface area contributed by atoms with Crippen molar-refractivity contribution in [2.75, 3.05) is 11.9 Å². The summed E-state index contributed by atoms with van der Waals surface area (Å²) in [6, 6.07) is 14.1. The Morgan fingerprint density at radius 2 is 2.00 bits per heavy atom. The number of aromatic hydroxyl groups is 1. The van der Waals surface area contributed by atoms with Crippen LogP contribution in [0.1, 0.15) is 12.0 Å². The summed E-state index contributed by atoms with van der Waals surface area (Å²) in [5.41, 5.74) is 1.25. The van der Waals surface area contributed by atoms with Gasteiger partial charge in [-0.1, -0.05) is 78.1 Å². The standard InChI is InChI=1S/C21H17ClN2O3S2/c22-15-9-10-17(25)16(13-15)23-19(26)11-12-24-20(27)18(29-21(24)28)8-4-7-14-5-2-1-3-6-14/h1-10,13,25H,11-12H2,(H,23,26). The summed E-state index contributed by atoms with van der Waals surface area (Å²) in [6.07, 6.45) is 5.45. The van der Waals surface area contributed by atoms with Gasteiger partial charge in [0.2, 0.25) is 5.91 Å². The van der Waals surface area contributed by atoms with Crippen LogP contribution in [0.3, 0.4) is 0 Å². The number of phenols is 1. The highest BCUT2D eigenvalue weighted by Crippen LogP contribution is 2.31. The van der Waals surface area contributed by atoms with Gasteiger partial charge in [0.1, 0.15) is 10.1 Å². The van der Waals surface area contributed by atoms with Crippen LogP contribution in [0.4, 0.5) is 5.69 Å². The Balaban J connectivity index is 1.57. The molecule has 5 nitrogen and oxygen atoms in total. The molecule has 1 saturated heterocycles. The second kappa shape index (κ2) is 9.73. The molecule has 0 saturated carbocycles. The average Bonchev–Trinajstić information content (AvgIpc) is 2.97. The van der Waals surface area contributed by atoms with Gasteiger partial charge in [-0.3, -0.25) is 14.5 Å². The molecular formula is C21H17ClN2O3S2. The Hall–Kier alpha value is -2.61. The molecule has 0 aromatic heterocycles. The van der Waals surface area contributed by atoms with Gasteiger partial charge in [-0.2, -0.15) is 0 Å². The van der Waals surface area contributed by atoms with Crippen molar-refractivity contribution in [3.8, 4) is 5.75 Å². The molecule has 2 amide bonds. The zero-order valence-electron chi connectivity index (χ0n) is 15.2. The van der Waals surface area contributed by atoms with Crippen molar-refractivity contribution < 1.29 is 14.7 Å². The molecule has 2 aromatic rings. The van der Waals surface area contributed by atoms with Gasteiger partial charge in [0.25, 0.3) is 5.91 Å². The number of nitrogens with zero attached hydrogens (tertiary/aromatic N) is 1. The van der Waals surface area contributed by atoms with Gasteiger partial charge in [0.05, 0.1) is 10.6 Å². The van der Waals surface area contributed by atoms with Gasteiger partial charge in [0.15, 0.2) is 0 Å². The first-order chi connectivity index (χ1) is 13.9. The molecule has 1 aliphatic rings. The highest BCUT2D eigenvalue weighted by Gasteiger charge is 2.31. The van der Waals surface area contributed by atoms with Gasteiger partial charge in [-0.15, -0.1) is 0 Å². The molecule has 1 aliphatic heterocycles. The number of hydrogen-bond donors (Lipinski definition) is 2. The van der Waals surface area contributed by atoms with Crippen LogP contribution in [0.25, 0.3) is 6.08 Å². The van der Waals surface area contributed by atoms with E-state index in [0.717, 1.165) is 5.56 Å². The summed E-state index contributed by atoms with van der Waals surface area (Å²) in [4.78, 5) is 26.6. The number of benzene rings is 2. The summed E-state index contributed by atoms with van der Waals surface area (Å²) in [5, 5.41) is 12.7. The van der Waals surface area contributed by atoms with Gasteiger partial charge >= 0.3 is 0 Å². The Bertz CT molecular complexity index is 1010. The number of phenolic OH excluding ortho intramolecular Hbond substituents is 1. The van der Waals surface area contributed by atoms with Crippen LogP contribution in [0, 0.1) is 0 Å². The third-order valence-corrected chi connectivity index (χ3v) is 5.64. The monoisotopic (exact) mass is 444 g/mol. The molecule has 0 spiro atoms. The van der Waals surface area contributed by atoms with Crippen molar-refractivity contribution in [3.05, 3.63) is 76.2 Å². The van der Waals surface area contributed by atoms with E-state index in [2.05, 4.69) is 5.32 Å². The SMILES string of the molecule is O=C(CCN1C(=O)C(=CC=Cc2ccccc2)SC1=S)Nc1cc(Cl)ccc1O. The number of anilines is 1. The first kappa shape index (κ1) is 21.1. The normalized spacial score (nSPS) is 15.5. The van der Waals surface area contributed by atoms with Crippen LogP contribution in [-0.2, 0) is 9.59 Å². The van der Waals surface area contributed by atoms with Crippen molar-refractivity contribution in [2.24, 2.45) is 0 Å². The molecule has 3 rings (SSSR count). The average molecular weight is 445 g/mol. The molecule has 0 atom stereocenters. The Morgan fingerprint density at radius 1 is 1.24 bits per heavy atom. The molecule has 2 aromatic carbocycles. The van der Waals surface area contributed by atoms with E-state index >= 15 is 0 Å². The number of thiocarbonyl (C=S) groups is 1. The van der Waals surface area contributed by atoms with Gasteiger partial charge in [0, 0.05) is 18.0 Å². The van der Waals surface area contributed by atoms with E-state index in [1.54, 1.807) is 12.2 Å². The third kappa shape index (κ3) is 5.69. The van der Waals surface area contributed by atoms with E-state index in [9.17, 15) is 14.7 Å². The maximum absolute atomic E-state index is 12.6. The number of rotatable bonds is 6. The van der Waals surface area contributed by atoms with E-state index in [1.807, 2.05) is 36.4 Å². The van der Waals surface area contributed by atoms with Crippen LogP contribution in [-0.4, -0.2) is 32.7 Å². The first-order valence-corrected chi connectivity index (χ1v) is 10.3. The highest BCUT2D eigenvalue weighted by molar-refractivity contribution is 8.26. The van der Waals surface area contributed by atoms with E-state index in [4.69, 9.17) is 23.8 Å². The lowest BCUT2D eigenvalue weighted by Crippen LogP contribution is -2.31. The summed E-state index contributed by atoms with van der Waals surface area (Å²) in [5.74, 6) is -0.665. The summed E-state index contributed by atoms with van der Waals surface area (Å²) in [6.45, 7) is 0.150. The van der Waals surface area contributed by atoms with E-state index < -0.39 is 0 Å². The third-order valence-electron chi connectivity index (χ3n) is 4.00. The van der Waals surface area contributed by atoms with Crippen molar-refractivity contribution >= 4 is 63.5 Å². The van der Waals surface area contributed by atoms with Crippen LogP contribution < -0.4 is 5.32 Å². The van der Waals surface area contributed by atoms with E-state index in [-0.39, 0.29) is 36.2 Å². The number of halogens is 1. The van der Waals surface area contributed by atoms with Crippen LogP contribution in [0.5, 0.6) is 5.75 Å². The zero-order valence-corrected chi connectivity index (χ0v) is 17.6. The molecule has 29 heavy (non-hydrogen) atoms. The number of allylic oxidation sites excluding steroid dienone is 2. The minimum absolute atomic E-state index is 0.0333. The number of carbonyl (C=O) groups is 2. The quantitative estimate of drug-likeness (QED) is 0.379. The first-order valence-electron chi connectivity index (χ1n) is 8.69. The van der Waals surface area contributed by atoms with Gasteiger partial charge in [-0.25, -0.2) is 0 Å². The second-order valence-corrected chi connectivity index (χ2v) is 8.20. The van der Waals surface area contributed by atoms with Crippen LogP contribution >= 0.6 is 35.6 Å². The fourth-order valence-corrected chi connectivity index (χ4v) is 3.98. The van der Waals surface area contributed by atoms with Gasteiger partial charge in [-0.05, 0) is 29.8 Å². The fourth-order valence-electron chi connectivity index (χ4n) is 2.55. The molecule has 0 radical (unpaired) electrons. The number of hydrogen-bond acceptors (Lipinski definition) is 5. The number of thioether (sulfide) groups is 1. The Labute approximate surface area is 183 Å². The van der Waals surface area contributed by atoms with Crippen LogP contribution in [0.2, 0.25) is 5.02 Å². The van der Waals surface area contributed by atoms with Crippen molar-refractivity contribution in [2.45, 2.75) is 6.42 Å². The molecule has 1 heterocycles. The van der Waals surface area contributed by atoms with Gasteiger partial charge < -0.3 is 10.4 Å². The van der Waals surface area contributed by atoms with Crippen molar-refractivity contribution in [1.29, 1.82) is 0 Å². The summed E-state index contributed by atoms with van der Waals surface area (Å²) < 4.78 is 0.410. The van der Waals surface area contributed by atoms with E-state index in [0.29, 0.717) is 14.2 Å². The predicted molar refractivity (Wildman–Crippen MR) is 122 cm³/mol. The molecule has 8 heteroatoms. The maximum Gasteiger partial charge on any atom is 0.266 e. The Kier molecular flexibility index (Phi) is 7.09. The largest absolute Gasteiger partial charge is 0.506 e. The summed E-state index contributed by atoms with van der Waals surface area (Å²) >= 11 is 12.3. The molecule has 2 N–H and O–H groups in total. The molecule has 0 bridgehead atoms. The molecule has 148 valence electrons. The molecular weight excluding hydrogens is 428 g/mol. The minimum Gasteiger partial charge on any atom is -0.506 e. The topological polar surface area (TPSA) is 69.6 Å². The summed E-state index contributed by atoms with van der Waals surface area (Å²) in [7, 11) is 0. The smallest absolute Gasteiger partial charge is 0.266 e. The van der Waals surface area contributed by atoms with E-state index in [1.165, 1.54) is 34.9 Å². The zero-order chi connectivity index (χ0) is 20.8. The lowest BCUT2D eigenvalue weighted by molar-refractivity contribution is -0.122. The van der Waals surface area contributed by atoms with Crippen LogP contribution in [0.15, 0.2) is 65.6 Å². The number of carbonyl (C=O) groups excluding carboxylic acids is 2. The molecule has 1 fully saturated rings. The minimum atomic E-state index is -0.357. The number of nitrogens with one attached hydrogen (secondary N) is 1. The maximum atomic E-state index is 12.6. The lowest BCUT2D eigenvalue weighted by Gasteiger charge is -2.14. The van der Waals surface area contributed by atoms with Crippen molar-refractivity contribution in [3.63, 3.8) is 0 Å². The highest BCUT2D eigenvalue weighted by atomic mass is 35.5. The number of amides is 2. The fraction of sp³-hybridized carbons (Fsp3) is 0.0952. The predicted octanol–water partition coefficient (Wildman–Crippen LogP) is 4.83. The van der Waals surface area contributed by atoms with Crippen molar-refractivity contribution in [1.82, 2.24) is 4.90 Å². The Morgan fingerprint density at radius 3 is 2.76 bits per heavy atom. The molecule has 0 aliphatic carbocycles. The second-order valence-electron chi connectivity index (χ2n) is 6.09.